The number of aliphatic hydroxyl groups is 1. The predicted octanol–water partition coefficient (Wildman–Crippen LogP) is 1.93. The average Bonchev–Trinajstić information content (AvgIpc) is 3.41. The third-order valence-electron chi connectivity index (χ3n) is 6.00. The van der Waals surface area contributed by atoms with Crippen molar-refractivity contribution < 1.29 is 13.5 Å². The van der Waals surface area contributed by atoms with Gasteiger partial charge in [0.2, 0.25) is 10.0 Å². The number of aliphatic hydroxyl groups excluding tert-OH is 1. The molecule has 1 aromatic carbocycles. The quantitative estimate of drug-likeness (QED) is 0.581. The summed E-state index contributed by atoms with van der Waals surface area (Å²) in [4.78, 5) is 17.0. The van der Waals surface area contributed by atoms with Crippen molar-refractivity contribution in [1.82, 2.24) is 19.1 Å². The van der Waals surface area contributed by atoms with Gasteiger partial charge in [0, 0.05) is 44.1 Å². The van der Waals surface area contributed by atoms with Crippen LogP contribution in [0.3, 0.4) is 0 Å². The summed E-state index contributed by atoms with van der Waals surface area (Å²) < 4.78 is 28.6. The summed E-state index contributed by atoms with van der Waals surface area (Å²) in [5, 5.41) is 12.2. The summed E-state index contributed by atoms with van der Waals surface area (Å²) in [5.74, 6) is 0.472. The van der Waals surface area contributed by atoms with Crippen molar-refractivity contribution >= 4 is 10.0 Å². The Kier molecular flexibility index (Phi) is 6.08. The summed E-state index contributed by atoms with van der Waals surface area (Å²) in [5.41, 5.74) is 1.41. The lowest BCUT2D eigenvalue weighted by atomic mass is 10.1. The molecule has 3 aromatic rings. The highest BCUT2D eigenvalue weighted by Gasteiger charge is 2.34. The fourth-order valence-electron chi connectivity index (χ4n) is 4.08. The summed E-state index contributed by atoms with van der Waals surface area (Å²) >= 11 is 0. The largest absolute Gasteiger partial charge is 0.396 e. The Balaban J connectivity index is 1.53. The maximum atomic E-state index is 13.0. The van der Waals surface area contributed by atoms with Crippen molar-refractivity contribution in [1.29, 1.82) is 0 Å². The SMILES string of the molecule is CN(C1CCC(CO)C1)S(=O)(=O)c1ccc(-n2[nH]cc(Cc3ccccc3)c2=O)nc1. The van der Waals surface area contributed by atoms with E-state index in [4.69, 9.17) is 0 Å². The highest BCUT2D eigenvalue weighted by Crippen LogP contribution is 2.31. The Morgan fingerprint density at radius 3 is 2.61 bits per heavy atom. The monoisotopic (exact) mass is 442 g/mol. The van der Waals surface area contributed by atoms with Gasteiger partial charge >= 0.3 is 0 Å². The fraction of sp³-hybridized carbons (Fsp3) is 0.364. The van der Waals surface area contributed by atoms with Crippen molar-refractivity contribution in [2.24, 2.45) is 5.92 Å². The van der Waals surface area contributed by atoms with E-state index in [1.54, 1.807) is 13.2 Å². The molecule has 0 saturated heterocycles. The summed E-state index contributed by atoms with van der Waals surface area (Å²) in [6.07, 6.45) is 5.63. The van der Waals surface area contributed by atoms with Gasteiger partial charge in [0.1, 0.15) is 4.90 Å². The maximum Gasteiger partial charge on any atom is 0.276 e. The number of H-pyrrole nitrogens is 1. The van der Waals surface area contributed by atoms with Gasteiger partial charge in [0.25, 0.3) is 5.56 Å². The lowest BCUT2D eigenvalue weighted by Crippen LogP contribution is -2.35. The molecule has 2 aromatic heterocycles. The number of nitrogens with one attached hydrogen (secondary N) is 1. The van der Waals surface area contributed by atoms with Crippen LogP contribution in [0.15, 0.2) is 64.5 Å². The highest BCUT2D eigenvalue weighted by molar-refractivity contribution is 7.89. The Labute approximate surface area is 181 Å². The maximum absolute atomic E-state index is 13.0. The number of hydrogen-bond acceptors (Lipinski definition) is 5. The normalized spacial score (nSPS) is 19.2. The molecule has 1 saturated carbocycles. The number of aromatic amines is 1. The van der Waals surface area contributed by atoms with Crippen molar-refractivity contribution in [2.45, 2.75) is 36.6 Å². The number of aromatic nitrogens is 3. The molecule has 2 N–H and O–H groups in total. The van der Waals surface area contributed by atoms with Crippen LogP contribution in [0.4, 0.5) is 0 Å². The molecule has 2 unspecified atom stereocenters. The van der Waals surface area contributed by atoms with Gasteiger partial charge in [0.15, 0.2) is 5.82 Å². The molecule has 31 heavy (non-hydrogen) atoms. The number of benzene rings is 1. The summed E-state index contributed by atoms with van der Waals surface area (Å²) in [6, 6.07) is 12.5. The Morgan fingerprint density at radius 1 is 1.19 bits per heavy atom. The Hall–Kier alpha value is -2.75. The van der Waals surface area contributed by atoms with Crippen molar-refractivity contribution in [3.05, 3.63) is 76.3 Å². The molecule has 0 spiro atoms. The number of hydrogen-bond donors (Lipinski definition) is 2. The van der Waals surface area contributed by atoms with Gasteiger partial charge in [-0.15, -0.1) is 0 Å². The minimum absolute atomic E-state index is 0.0790. The smallest absolute Gasteiger partial charge is 0.276 e. The summed E-state index contributed by atoms with van der Waals surface area (Å²) in [7, 11) is -2.14. The molecule has 0 amide bonds. The minimum Gasteiger partial charge on any atom is -0.396 e. The zero-order chi connectivity index (χ0) is 22.0. The predicted molar refractivity (Wildman–Crippen MR) is 117 cm³/mol. The van der Waals surface area contributed by atoms with Gasteiger partial charge in [-0.2, -0.15) is 4.31 Å². The molecule has 8 nitrogen and oxygen atoms in total. The van der Waals surface area contributed by atoms with Crippen LogP contribution in [0.25, 0.3) is 5.82 Å². The van der Waals surface area contributed by atoms with Gasteiger partial charge in [-0.05, 0) is 42.9 Å². The van der Waals surface area contributed by atoms with E-state index >= 15 is 0 Å². The molecule has 1 aliphatic carbocycles. The van der Waals surface area contributed by atoms with Gasteiger partial charge in [0.05, 0.1) is 0 Å². The van der Waals surface area contributed by atoms with Crippen LogP contribution in [0.5, 0.6) is 0 Å². The van der Waals surface area contributed by atoms with E-state index in [0.29, 0.717) is 24.2 Å². The molecule has 4 rings (SSSR count). The third-order valence-corrected chi connectivity index (χ3v) is 7.89. The van der Waals surface area contributed by atoms with Crippen LogP contribution < -0.4 is 5.56 Å². The molecular formula is C22H26N4O4S. The van der Waals surface area contributed by atoms with E-state index in [9.17, 15) is 18.3 Å². The van der Waals surface area contributed by atoms with Gasteiger partial charge in [-0.3, -0.25) is 9.89 Å². The second-order valence-corrected chi connectivity index (χ2v) is 9.99. The number of pyridine rings is 1. The van der Waals surface area contributed by atoms with Crippen LogP contribution >= 0.6 is 0 Å². The number of rotatable bonds is 7. The first-order valence-electron chi connectivity index (χ1n) is 10.3. The van der Waals surface area contributed by atoms with E-state index in [2.05, 4.69) is 10.1 Å². The van der Waals surface area contributed by atoms with Crippen LogP contribution in [0, 0.1) is 5.92 Å². The molecule has 9 heteroatoms. The van der Waals surface area contributed by atoms with Crippen LogP contribution in [-0.4, -0.2) is 52.3 Å². The first-order valence-corrected chi connectivity index (χ1v) is 11.7. The van der Waals surface area contributed by atoms with Crippen LogP contribution in [-0.2, 0) is 16.4 Å². The van der Waals surface area contributed by atoms with Gasteiger partial charge in [-0.25, -0.2) is 18.1 Å². The molecule has 0 radical (unpaired) electrons. The third kappa shape index (κ3) is 4.34. The number of sulfonamides is 1. The van der Waals surface area contributed by atoms with Crippen molar-refractivity contribution in [2.75, 3.05) is 13.7 Å². The second kappa shape index (κ2) is 8.78. The van der Waals surface area contributed by atoms with E-state index in [1.165, 1.54) is 27.3 Å². The van der Waals surface area contributed by atoms with Gasteiger partial charge < -0.3 is 5.11 Å². The molecule has 2 atom stereocenters. The molecular weight excluding hydrogens is 416 g/mol. The topological polar surface area (TPSA) is 108 Å². The zero-order valence-electron chi connectivity index (χ0n) is 17.3. The zero-order valence-corrected chi connectivity index (χ0v) is 18.1. The molecule has 164 valence electrons. The fourth-order valence-corrected chi connectivity index (χ4v) is 5.43. The first-order chi connectivity index (χ1) is 14.9. The van der Waals surface area contributed by atoms with Crippen LogP contribution in [0.2, 0.25) is 0 Å². The highest BCUT2D eigenvalue weighted by atomic mass is 32.2. The van der Waals surface area contributed by atoms with E-state index in [-0.39, 0.29) is 29.0 Å². The standard InChI is InChI=1S/C22H26N4O4S/c1-25(19-8-7-17(12-19)15-27)31(29,30)20-9-10-21(23-14-20)26-22(28)18(13-24-26)11-16-5-3-2-4-6-16/h2-6,9-10,13-14,17,19,24,27H,7-8,11-12,15H2,1H3. The molecule has 0 aliphatic heterocycles. The van der Waals surface area contributed by atoms with E-state index in [0.717, 1.165) is 18.4 Å². The van der Waals surface area contributed by atoms with Gasteiger partial charge in [-0.1, -0.05) is 30.3 Å². The van der Waals surface area contributed by atoms with Crippen molar-refractivity contribution in [3.8, 4) is 5.82 Å². The summed E-state index contributed by atoms with van der Waals surface area (Å²) in [6.45, 7) is 0.0812. The molecule has 1 fully saturated rings. The van der Waals surface area contributed by atoms with Crippen molar-refractivity contribution in [3.63, 3.8) is 0 Å². The van der Waals surface area contributed by atoms with E-state index in [1.807, 2.05) is 30.3 Å². The average molecular weight is 443 g/mol. The Bertz CT molecular complexity index is 1190. The van der Waals surface area contributed by atoms with E-state index < -0.39 is 10.0 Å². The Morgan fingerprint density at radius 2 is 1.97 bits per heavy atom. The molecule has 2 heterocycles. The lowest BCUT2D eigenvalue weighted by Gasteiger charge is -2.24. The second-order valence-electron chi connectivity index (χ2n) is 7.99. The lowest BCUT2D eigenvalue weighted by molar-refractivity contribution is 0.223. The van der Waals surface area contributed by atoms with Crippen LogP contribution in [0.1, 0.15) is 30.4 Å². The first kappa shape index (κ1) is 21.5. The molecule has 0 bridgehead atoms. The molecule has 1 aliphatic rings. The minimum atomic E-state index is -3.71. The number of nitrogens with zero attached hydrogens (tertiary/aromatic N) is 3.